The number of nitrogens with zero attached hydrogens (tertiary/aromatic N) is 1. The minimum Gasteiger partial charge on any atom is -0.398 e. The summed E-state index contributed by atoms with van der Waals surface area (Å²) in [6.45, 7) is 0. The topological polar surface area (TPSA) is 79.3 Å². The average molecular weight is 252 g/mol. The fraction of sp³-hybridized carbons (Fsp3) is 0.417. The van der Waals surface area contributed by atoms with Gasteiger partial charge in [0.1, 0.15) is 5.54 Å². The monoisotopic (exact) mass is 251 g/mol. The third-order valence-corrected chi connectivity index (χ3v) is 3.65. The van der Waals surface area contributed by atoms with Crippen molar-refractivity contribution < 1.29 is 0 Å². The molecule has 0 heterocycles. The van der Waals surface area contributed by atoms with Gasteiger partial charge in [-0.2, -0.15) is 0 Å². The van der Waals surface area contributed by atoms with Crippen molar-refractivity contribution in [3.63, 3.8) is 0 Å². The van der Waals surface area contributed by atoms with E-state index in [1.807, 2.05) is 0 Å². The number of halogens is 1. The van der Waals surface area contributed by atoms with Gasteiger partial charge >= 0.3 is 0 Å². The predicted molar refractivity (Wildman–Crippen MR) is 69.7 cm³/mol. The molecule has 1 fully saturated rings. The number of hydrogen-bond donors (Lipinski definition) is 2. The number of nitrogens with one attached hydrogen (secondary N) is 1. The molecule has 0 unspecified atom stereocenters. The Morgan fingerprint density at radius 2 is 2.06 bits per heavy atom. The van der Waals surface area contributed by atoms with Gasteiger partial charge in [-0.25, -0.2) is 0 Å². The van der Waals surface area contributed by atoms with Gasteiger partial charge in [-0.3, -0.25) is 0 Å². The molecule has 5 heteroatoms. The molecule has 1 aromatic carbocycles. The molecule has 0 radical (unpaired) electrons. The SMILES string of the molecule is N=Cc1c(N)cc(Cl)cc1C1(N=O)CCCC1. The number of nitrogen functional groups attached to an aromatic ring is 1. The van der Waals surface area contributed by atoms with Crippen molar-refractivity contribution in [3.8, 4) is 0 Å². The van der Waals surface area contributed by atoms with Gasteiger partial charge in [0.25, 0.3) is 0 Å². The highest BCUT2D eigenvalue weighted by atomic mass is 35.5. The molecule has 17 heavy (non-hydrogen) atoms. The number of hydrogen-bond acceptors (Lipinski definition) is 4. The van der Waals surface area contributed by atoms with Crippen molar-refractivity contribution in [3.05, 3.63) is 33.2 Å². The fourth-order valence-corrected chi connectivity index (χ4v) is 2.78. The van der Waals surface area contributed by atoms with E-state index >= 15 is 0 Å². The van der Waals surface area contributed by atoms with E-state index in [4.69, 9.17) is 22.7 Å². The first-order valence-electron chi connectivity index (χ1n) is 5.57. The van der Waals surface area contributed by atoms with Crippen LogP contribution >= 0.6 is 11.6 Å². The molecule has 1 aliphatic carbocycles. The lowest BCUT2D eigenvalue weighted by atomic mass is 9.85. The summed E-state index contributed by atoms with van der Waals surface area (Å²) in [5.74, 6) is 0. The van der Waals surface area contributed by atoms with E-state index in [1.165, 1.54) is 6.21 Å². The van der Waals surface area contributed by atoms with E-state index in [2.05, 4.69) is 5.18 Å². The molecule has 1 aliphatic rings. The van der Waals surface area contributed by atoms with Crippen LogP contribution in [0.2, 0.25) is 5.02 Å². The molecule has 3 N–H and O–H groups in total. The standard InChI is InChI=1S/C12H14ClN3O/c13-8-5-10(9(7-14)11(15)6-8)12(16-17)3-1-2-4-12/h5-7,14H,1-4,15H2. The van der Waals surface area contributed by atoms with Gasteiger partial charge in [-0.05, 0) is 30.5 Å². The second-order valence-corrected chi connectivity index (χ2v) is 4.87. The Balaban J connectivity index is 2.64. The molecule has 0 aliphatic heterocycles. The molecule has 1 saturated carbocycles. The molecular weight excluding hydrogens is 238 g/mol. The normalized spacial score (nSPS) is 17.9. The maximum atomic E-state index is 11.2. The summed E-state index contributed by atoms with van der Waals surface area (Å²) in [7, 11) is 0. The maximum absolute atomic E-state index is 11.2. The van der Waals surface area contributed by atoms with Crippen LogP contribution in [0.25, 0.3) is 0 Å². The minimum absolute atomic E-state index is 0.428. The van der Waals surface area contributed by atoms with Gasteiger partial charge in [-0.1, -0.05) is 29.6 Å². The van der Waals surface area contributed by atoms with Gasteiger partial charge in [0.05, 0.1) is 0 Å². The molecular formula is C12H14ClN3O. The predicted octanol–water partition coefficient (Wildman–Crippen LogP) is 3.46. The average Bonchev–Trinajstić information content (AvgIpc) is 2.77. The summed E-state index contributed by atoms with van der Waals surface area (Å²) in [6.07, 6.45) is 4.52. The number of nitrogens with two attached hydrogens (primary N) is 1. The van der Waals surface area contributed by atoms with Gasteiger partial charge in [0.2, 0.25) is 0 Å². The van der Waals surface area contributed by atoms with Gasteiger partial charge in [-0.15, -0.1) is 4.91 Å². The summed E-state index contributed by atoms with van der Waals surface area (Å²) in [5, 5.41) is 11.2. The van der Waals surface area contributed by atoms with Crippen molar-refractivity contribution in [1.29, 1.82) is 5.41 Å². The lowest BCUT2D eigenvalue weighted by Crippen LogP contribution is -2.21. The highest BCUT2D eigenvalue weighted by molar-refractivity contribution is 6.31. The molecule has 0 atom stereocenters. The molecule has 2 rings (SSSR count). The van der Waals surface area contributed by atoms with Crippen LogP contribution in [0, 0.1) is 10.3 Å². The lowest BCUT2D eigenvalue weighted by Gasteiger charge is -2.23. The second-order valence-electron chi connectivity index (χ2n) is 4.43. The van der Waals surface area contributed by atoms with Crippen molar-refractivity contribution in [2.24, 2.45) is 5.18 Å². The summed E-state index contributed by atoms with van der Waals surface area (Å²) in [5.41, 5.74) is 6.78. The largest absolute Gasteiger partial charge is 0.398 e. The highest BCUT2D eigenvalue weighted by Gasteiger charge is 2.39. The van der Waals surface area contributed by atoms with Gasteiger partial charge in [0, 0.05) is 22.5 Å². The Bertz CT molecular complexity index is 467. The van der Waals surface area contributed by atoms with Crippen LogP contribution in [0.15, 0.2) is 17.3 Å². The zero-order valence-corrected chi connectivity index (χ0v) is 10.1. The number of anilines is 1. The van der Waals surface area contributed by atoms with Crippen LogP contribution < -0.4 is 5.73 Å². The van der Waals surface area contributed by atoms with Crippen molar-refractivity contribution in [2.45, 2.75) is 31.2 Å². The summed E-state index contributed by atoms with van der Waals surface area (Å²) in [6, 6.07) is 3.31. The Kier molecular flexibility index (Phi) is 3.15. The molecule has 90 valence electrons. The Hall–Kier alpha value is -1.42. The summed E-state index contributed by atoms with van der Waals surface area (Å²) < 4.78 is 0. The number of nitroso groups, excluding NO2 is 1. The summed E-state index contributed by atoms with van der Waals surface area (Å²) in [4.78, 5) is 11.2. The Labute approximate surface area is 105 Å². The zero-order chi connectivity index (χ0) is 12.5. The molecule has 1 aromatic rings. The van der Waals surface area contributed by atoms with E-state index in [0.29, 0.717) is 34.7 Å². The van der Waals surface area contributed by atoms with E-state index < -0.39 is 5.54 Å². The first kappa shape index (κ1) is 12.0. The Morgan fingerprint density at radius 3 is 2.59 bits per heavy atom. The van der Waals surface area contributed by atoms with Crippen LogP contribution in [0.4, 0.5) is 5.69 Å². The molecule has 4 nitrogen and oxygen atoms in total. The van der Waals surface area contributed by atoms with Crippen molar-refractivity contribution in [2.75, 3.05) is 5.73 Å². The van der Waals surface area contributed by atoms with Gasteiger partial charge < -0.3 is 11.1 Å². The molecule has 0 saturated heterocycles. The quantitative estimate of drug-likeness (QED) is 0.490. The van der Waals surface area contributed by atoms with Crippen LogP contribution in [0.3, 0.4) is 0 Å². The third-order valence-electron chi connectivity index (χ3n) is 3.43. The fourth-order valence-electron chi connectivity index (χ4n) is 2.55. The van der Waals surface area contributed by atoms with Crippen LogP contribution in [0.5, 0.6) is 0 Å². The molecule has 0 amide bonds. The van der Waals surface area contributed by atoms with E-state index in [1.54, 1.807) is 12.1 Å². The first-order chi connectivity index (χ1) is 8.13. The second kappa shape index (κ2) is 4.45. The molecule has 0 aromatic heterocycles. The maximum Gasteiger partial charge on any atom is 0.128 e. The smallest absolute Gasteiger partial charge is 0.128 e. The zero-order valence-electron chi connectivity index (χ0n) is 9.37. The van der Waals surface area contributed by atoms with Crippen LogP contribution in [0.1, 0.15) is 36.8 Å². The van der Waals surface area contributed by atoms with Crippen molar-refractivity contribution in [1.82, 2.24) is 0 Å². The van der Waals surface area contributed by atoms with Crippen LogP contribution in [-0.4, -0.2) is 6.21 Å². The van der Waals surface area contributed by atoms with E-state index in [9.17, 15) is 4.91 Å². The van der Waals surface area contributed by atoms with Crippen molar-refractivity contribution >= 4 is 23.5 Å². The summed E-state index contributed by atoms with van der Waals surface area (Å²) >= 11 is 5.98. The number of benzene rings is 1. The first-order valence-corrected chi connectivity index (χ1v) is 5.95. The van der Waals surface area contributed by atoms with Gasteiger partial charge in [0.15, 0.2) is 0 Å². The molecule has 0 spiro atoms. The highest BCUT2D eigenvalue weighted by Crippen LogP contribution is 2.44. The molecule has 0 bridgehead atoms. The van der Waals surface area contributed by atoms with Crippen LogP contribution in [-0.2, 0) is 5.54 Å². The Morgan fingerprint density at radius 1 is 1.41 bits per heavy atom. The van der Waals surface area contributed by atoms with E-state index in [0.717, 1.165) is 12.8 Å². The number of rotatable bonds is 3. The lowest BCUT2D eigenvalue weighted by molar-refractivity contribution is 0.460. The third kappa shape index (κ3) is 1.93. The minimum atomic E-state index is -0.744. The van der Waals surface area contributed by atoms with E-state index in [-0.39, 0.29) is 0 Å².